The van der Waals surface area contributed by atoms with Crippen LogP contribution in [0.5, 0.6) is 5.75 Å². The predicted molar refractivity (Wildman–Crippen MR) is 171 cm³/mol. The van der Waals surface area contributed by atoms with E-state index < -0.39 is 11.7 Å². The maximum atomic E-state index is 14.8. The lowest BCUT2D eigenvalue weighted by Gasteiger charge is -2.18. The molecule has 0 radical (unpaired) electrons. The van der Waals surface area contributed by atoms with E-state index in [1.807, 2.05) is 24.3 Å². The Kier molecular flexibility index (Phi) is 9.16. The van der Waals surface area contributed by atoms with E-state index in [-0.39, 0.29) is 16.9 Å². The molecule has 1 amide bonds. The molecule has 3 heterocycles. The Morgan fingerprint density at radius 1 is 1.05 bits per heavy atom. The highest BCUT2D eigenvalue weighted by Gasteiger charge is 2.16. The quantitative estimate of drug-likeness (QED) is 0.162. The fourth-order valence-corrected chi connectivity index (χ4v) is 5.58. The lowest BCUT2D eigenvalue weighted by Crippen LogP contribution is -2.22. The van der Waals surface area contributed by atoms with E-state index in [0.29, 0.717) is 46.1 Å². The van der Waals surface area contributed by atoms with E-state index in [1.165, 1.54) is 35.2 Å². The molecule has 10 heteroatoms. The molecule has 8 nitrogen and oxygen atoms in total. The second-order valence-corrected chi connectivity index (χ2v) is 11.8. The Morgan fingerprint density at radius 3 is 2.60 bits per heavy atom. The van der Waals surface area contributed by atoms with Gasteiger partial charge in [0.05, 0.1) is 29.1 Å². The minimum Gasteiger partial charge on any atom is -0.492 e. The van der Waals surface area contributed by atoms with Gasteiger partial charge in [0.25, 0.3) is 11.5 Å². The van der Waals surface area contributed by atoms with Crippen LogP contribution in [-0.4, -0.2) is 27.3 Å². The number of carbonyl (C=O) groups is 1. The molecule has 0 saturated heterocycles. The van der Waals surface area contributed by atoms with E-state index in [9.17, 15) is 14.0 Å². The van der Waals surface area contributed by atoms with E-state index in [2.05, 4.69) is 41.5 Å². The van der Waals surface area contributed by atoms with Crippen molar-refractivity contribution in [2.24, 2.45) is 18.9 Å². The Labute approximate surface area is 253 Å². The van der Waals surface area contributed by atoms with Gasteiger partial charge in [-0.05, 0) is 72.2 Å². The Hall–Kier alpha value is -4.57. The first kappa shape index (κ1) is 29.9. The highest BCUT2D eigenvalue weighted by molar-refractivity contribution is 7.20. The molecule has 2 atom stereocenters. The number of hydrogen-bond acceptors (Lipinski definition) is 7. The molecule has 0 saturated carbocycles. The third-order valence-corrected chi connectivity index (χ3v) is 8.79. The highest BCUT2D eigenvalue weighted by atomic mass is 32.1. The maximum absolute atomic E-state index is 14.8. The number of ether oxygens (including phenoxy) is 1. The second-order valence-electron chi connectivity index (χ2n) is 10.7. The van der Waals surface area contributed by atoms with Crippen LogP contribution in [0.4, 0.5) is 21.6 Å². The van der Waals surface area contributed by atoms with Crippen LogP contribution in [0.25, 0.3) is 21.3 Å². The number of nitrogens with one attached hydrogen (secondary N) is 2. The lowest BCUT2D eigenvalue weighted by atomic mass is 9.91. The molecule has 43 heavy (non-hydrogen) atoms. The fraction of sp³-hybridized carbons (Fsp3) is 0.273. The SMILES string of the molecule is CCC(C)C(C)CCOc1ccc(Nc2cc(-c3ccc(F)c(NC(=O)c4cc5ccccc5s4)c3)nn(C)c2=O)nc1. The van der Waals surface area contributed by atoms with Crippen molar-refractivity contribution in [2.45, 2.75) is 33.6 Å². The zero-order chi connectivity index (χ0) is 30.5. The first-order valence-electron chi connectivity index (χ1n) is 14.3. The maximum Gasteiger partial charge on any atom is 0.290 e. The van der Waals surface area contributed by atoms with E-state index in [0.717, 1.165) is 22.9 Å². The lowest BCUT2D eigenvalue weighted by molar-refractivity contribution is 0.103. The van der Waals surface area contributed by atoms with Crippen LogP contribution >= 0.6 is 11.3 Å². The van der Waals surface area contributed by atoms with Crippen molar-refractivity contribution in [3.8, 4) is 17.0 Å². The van der Waals surface area contributed by atoms with Crippen LogP contribution in [0.1, 0.15) is 43.3 Å². The van der Waals surface area contributed by atoms with Gasteiger partial charge in [0.1, 0.15) is 23.1 Å². The summed E-state index contributed by atoms with van der Waals surface area (Å²) in [5.74, 6) is 1.35. The molecule has 5 rings (SSSR count). The first-order valence-corrected chi connectivity index (χ1v) is 15.1. The van der Waals surface area contributed by atoms with E-state index in [4.69, 9.17) is 4.74 Å². The van der Waals surface area contributed by atoms with Gasteiger partial charge in [-0.1, -0.05) is 45.4 Å². The Balaban J connectivity index is 1.30. The highest BCUT2D eigenvalue weighted by Crippen LogP contribution is 2.29. The molecule has 0 fully saturated rings. The average Bonchev–Trinajstić information content (AvgIpc) is 3.45. The molecule has 0 spiro atoms. The molecule has 0 aliphatic heterocycles. The molecule has 0 aliphatic carbocycles. The van der Waals surface area contributed by atoms with Gasteiger partial charge >= 0.3 is 0 Å². The third kappa shape index (κ3) is 7.09. The molecular formula is C33H34FN5O3S. The van der Waals surface area contributed by atoms with Gasteiger partial charge in [0.2, 0.25) is 0 Å². The summed E-state index contributed by atoms with van der Waals surface area (Å²) < 4.78 is 22.8. The van der Waals surface area contributed by atoms with Crippen molar-refractivity contribution in [3.63, 3.8) is 0 Å². The number of thiophene rings is 1. The molecule has 0 bridgehead atoms. The minimum absolute atomic E-state index is 0.0147. The smallest absolute Gasteiger partial charge is 0.290 e. The van der Waals surface area contributed by atoms with Crippen LogP contribution in [0.3, 0.4) is 0 Å². The number of carbonyl (C=O) groups excluding carboxylic acids is 1. The second kappa shape index (κ2) is 13.2. The van der Waals surface area contributed by atoms with Gasteiger partial charge in [-0.2, -0.15) is 5.10 Å². The van der Waals surface area contributed by atoms with Crippen molar-refractivity contribution in [2.75, 3.05) is 17.2 Å². The largest absolute Gasteiger partial charge is 0.492 e. The number of halogens is 1. The third-order valence-electron chi connectivity index (χ3n) is 7.68. The molecule has 2 aromatic carbocycles. The summed E-state index contributed by atoms with van der Waals surface area (Å²) >= 11 is 1.34. The molecule has 2 N–H and O–H groups in total. The Bertz CT molecular complexity index is 1770. The number of hydrogen-bond donors (Lipinski definition) is 2. The number of pyridine rings is 1. The standard InChI is InChI=1S/C33H34FN5O3S/c1-5-20(2)21(3)14-15-42-24-11-13-31(35-19-24)36-28-18-26(38-39(4)33(28)41)22-10-12-25(34)27(16-22)37-32(40)30-17-23-8-6-7-9-29(23)43-30/h6-13,16-21H,5,14-15H2,1-4H3,(H,35,36)(H,37,40). The molecule has 222 valence electrons. The number of anilines is 3. The zero-order valence-corrected chi connectivity index (χ0v) is 25.4. The summed E-state index contributed by atoms with van der Waals surface area (Å²) in [6, 6.07) is 18.9. The number of nitrogens with zero attached hydrogens (tertiary/aromatic N) is 3. The Morgan fingerprint density at radius 2 is 1.86 bits per heavy atom. The number of fused-ring (bicyclic) bond motifs is 1. The van der Waals surface area contributed by atoms with Gasteiger partial charge in [-0.25, -0.2) is 14.1 Å². The van der Waals surface area contributed by atoms with Crippen LogP contribution in [0.15, 0.2) is 77.7 Å². The summed E-state index contributed by atoms with van der Waals surface area (Å²) in [7, 11) is 1.54. The van der Waals surface area contributed by atoms with Crippen LogP contribution in [0.2, 0.25) is 0 Å². The van der Waals surface area contributed by atoms with Gasteiger partial charge < -0.3 is 15.4 Å². The molecule has 2 unspecified atom stereocenters. The number of amides is 1. The number of rotatable bonds is 11. The minimum atomic E-state index is -0.581. The summed E-state index contributed by atoms with van der Waals surface area (Å²) in [6.45, 7) is 7.30. The van der Waals surface area contributed by atoms with Gasteiger partial charge in [-0.15, -0.1) is 11.3 Å². The summed E-state index contributed by atoms with van der Waals surface area (Å²) in [5, 5.41) is 11.0. The monoisotopic (exact) mass is 599 g/mol. The van der Waals surface area contributed by atoms with Gasteiger partial charge in [0, 0.05) is 17.3 Å². The van der Waals surface area contributed by atoms with Crippen LogP contribution in [-0.2, 0) is 7.05 Å². The first-order chi connectivity index (χ1) is 20.7. The van der Waals surface area contributed by atoms with E-state index >= 15 is 0 Å². The number of aromatic nitrogens is 3. The fourth-order valence-electron chi connectivity index (χ4n) is 4.62. The molecule has 5 aromatic rings. The van der Waals surface area contributed by atoms with Crippen molar-refractivity contribution in [3.05, 3.63) is 94.0 Å². The molecule has 3 aromatic heterocycles. The number of benzene rings is 2. The normalized spacial score (nSPS) is 12.6. The van der Waals surface area contributed by atoms with Crippen molar-refractivity contribution < 1.29 is 13.9 Å². The van der Waals surface area contributed by atoms with Crippen LogP contribution < -0.4 is 20.9 Å². The molecular weight excluding hydrogens is 565 g/mol. The van der Waals surface area contributed by atoms with Crippen molar-refractivity contribution in [1.29, 1.82) is 0 Å². The summed E-state index contributed by atoms with van der Waals surface area (Å²) in [5.41, 5.74) is 0.842. The summed E-state index contributed by atoms with van der Waals surface area (Å²) in [6.07, 6.45) is 3.73. The number of aryl methyl sites for hydroxylation is 1. The van der Waals surface area contributed by atoms with Crippen LogP contribution in [0, 0.1) is 17.7 Å². The van der Waals surface area contributed by atoms with Gasteiger partial charge in [-0.3, -0.25) is 9.59 Å². The average molecular weight is 600 g/mol. The summed E-state index contributed by atoms with van der Waals surface area (Å²) in [4.78, 5) is 30.7. The van der Waals surface area contributed by atoms with Crippen molar-refractivity contribution in [1.82, 2.24) is 14.8 Å². The topological polar surface area (TPSA) is 98.1 Å². The van der Waals surface area contributed by atoms with Gasteiger partial charge in [0.15, 0.2) is 0 Å². The predicted octanol–water partition coefficient (Wildman–Crippen LogP) is 7.64. The zero-order valence-electron chi connectivity index (χ0n) is 24.6. The van der Waals surface area contributed by atoms with E-state index in [1.54, 1.807) is 36.5 Å². The van der Waals surface area contributed by atoms with Crippen molar-refractivity contribution >= 4 is 44.5 Å². The molecule has 0 aliphatic rings.